The van der Waals surface area contributed by atoms with Gasteiger partial charge in [0.25, 0.3) is 0 Å². The summed E-state index contributed by atoms with van der Waals surface area (Å²) in [6.07, 6.45) is -0.935. The minimum absolute atomic E-state index is 0.0803. The summed E-state index contributed by atoms with van der Waals surface area (Å²) in [5.41, 5.74) is -1.04. The van der Waals surface area contributed by atoms with E-state index in [4.69, 9.17) is 9.84 Å². The van der Waals surface area contributed by atoms with Crippen LogP contribution in [0.3, 0.4) is 0 Å². The lowest BCUT2D eigenvalue weighted by Crippen LogP contribution is -2.44. The third kappa shape index (κ3) is 5.68. The Morgan fingerprint density at radius 3 is 2.25 bits per heavy atom. The van der Waals surface area contributed by atoms with Crippen molar-refractivity contribution in [3.8, 4) is 0 Å². The van der Waals surface area contributed by atoms with E-state index in [-0.39, 0.29) is 12.0 Å². The summed E-state index contributed by atoms with van der Waals surface area (Å²) in [5, 5.41) is 21.0. The summed E-state index contributed by atoms with van der Waals surface area (Å²) in [4.78, 5) is 11.8. The highest BCUT2D eigenvalue weighted by Gasteiger charge is 2.29. The second-order valence-corrected chi connectivity index (χ2v) is 6.34. The Hall–Kier alpha value is -1.80. The number of alkyl carbamates (subject to hydrolysis) is 1. The quantitative estimate of drug-likeness (QED) is 0.690. The number of amides is 1. The summed E-state index contributed by atoms with van der Waals surface area (Å²) in [7, 11) is 0. The summed E-state index contributed by atoms with van der Waals surface area (Å²) in [6, 6.07) is -0.00663. The molecule has 0 spiro atoms. The molecule has 3 N–H and O–H groups in total. The van der Waals surface area contributed by atoms with E-state index in [1.807, 2.05) is 0 Å². The molecule has 0 aliphatic carbocycles. The first-order chi connectivity index (χ1) is 11.1. The molecule has 1 aromatic rings. The zero-order chi connectivity index (χ0) is 18.5. The van der Waals surface area contributed by atoms with Crippen molar-refractivity contribution in [3.05, 3.63) is 35.1 Å². The van der Waals surface area contributed by atoms with Gasteiger partial charge in [-0.15, -0.1) is 0 Å². The standard InChI is InChI=1S/C16H22F3NO4/c1-16(2,3)24-15(23)20-14(8-22)9(4-5-21)10-6-12(18)13(19)7-11(10)17/h6-7,9,14,21-22H,4-5,8H2,1-3H3,(H,20,23)/t9-,14+/m1/s1. The van der Waals surface area contributed by atoms with Gasteiger partial charge in [-0.25, -0.2) is 18.0 Å². The van der Waals surface area contributed by atoms with E-state index in [0.717, 1.165) is 0 Å². The predicted molar refractivity (Wildman–Crippen MR) is 81.0 cm³/mol. The van der Waals surface area contributed by atoms with Crippen molar-refractivity contribution in [1.82, 2.24) is 5.32 Å². The Balaban J connectivity index is 3.08. The number of benzene rings is 1. The van der Waals surface area contributed by atoms with Crippen molar-refractivity contribution >= 4 is 6.09 Å². The van der Waals surface area contributed by atoms with E-state index in [9.17, 15) is 23.1 Å². The van der Waals surface area contributed by atoms with Crippen molar-refractivity contribution in [2.75, 3.05) is 13.2 Å². The highest BCUT2D eigenvalue weighted by Crippen LogP contribution is 2.28. The van der Waals surface area contributed by atoms with Gasteiger partial charge >= 0.3 is 6.09 Å². The molecule has 5 nitrogen and oxygen atoms in total. The lowest BCUT2D eigenvalue weighted by atomic mass is 9.88. The van der Waals surface area contributed by atoms with Crippen LogP contribution in [-0.2, 0) is 4.74 Å². The van der Waals surface area contributed by atoms with E-state index in [0.29, 0.717) is 12.1 Å². The van der Waals surface area contributed by atoms with Gasteiger partial charge in [-0.1, -0.05) is 0 Å². The van der Waals surface area contributed by atoms with Gasteiger partial charge in [0.15, 0.2) is 11.6 Å². The highest BCUT2D eigenvalue weighted by molar-refractivity contribution is 5.68. The van der Waals surface area contributed by atoms with Gasteiger partial charge in [0.05, 0.1) is 12.6 Å². The number of rotatable bonds is 6. The van der Waals surface area contributed by atoms with Gasteiger partial charge < -0.3 is 20.3 Å². The van der Waals surface area contributed by atoms with Crippen LogP contribution in [0.2, 0.25) is 0 Å². The van der Waals surface area contributed by atoms with Crippen LogP contribution >= 0.6 is 0 Å². The fourth-order valence-corrected chi connectivity index (χ4v) is 2.27. The zero-order valence-corrected chi connectivity index (χ0v) is 13.8. The van der Waals surface area contributed by atoms with Gasteiger partial charge in [0, 0.05) is 18.6 Å². The number of hydrogen-bond donors (Lipinski definition) is 3. The number of ether oxygens (including phenoxy) is 1. The molecule has 1 aromatic carbocycles. The number of aliphatic hydroxyl groups excluding tert-OH is 2. The van der Waals surface area contributed by atoms with Crippen molar-refractivity contribution in [2.45, 2.75) is 44.8 Å². The average molecular weight is 349 g/mol. The summed E-state index contributed by atoms with van der Waals surface area (Å²) in [5.74, 6) is -4.61. The molecule has 1 amide bonds. The number of halogens is 3. The monoisotopic (exact) mass is 349 g/mol. The predicted octanol–water partition coefficient (Wildman–Crippen LogP) is 2.46. The van der Waals surface area contributed by atoms with Crippen LogP contribution in [0.5, 0.6) is 0 Å². The Morgan fingerprint density at radius 2 is 1.75 bits per heavy atom. The Morgan fingerprint density at radius 1 is 1.17 bits per heavy atom. The van der Waals surface area contributed by atoms with Gasteiger partial charge in [-0.3, -0.25) is 0 Å². The molecule has 0 fully saturated rings. The van der Waals surface area contributed by atoms with E-state index in [1.165, 1.54) is 0 Å². The number of nitrogens with one attached hydrogen (secondary N) is 1. The molecule has 0 radical (unpaired) electrons. The average Bonchev–Trinajstić information content (AvgIpc) is 2.45. The molecule has 136 valence electrons. The molecule has 0 bridgehead atoms. The molecular formula is C16H22F3NO4. The van der Waals surface area contributed by atoms with E-state index >= 15 is 0 Å². The molecule has 0 unspecified atom stereocenters. The topological polar surface area (TPSA) is 78.8 Å². The normalized spacial score (nSPS) is 14.2. The zero-order valence-electron chi connectivity index (χ0n) is 13.8. The molecule has 1 rings (SSSR count). The third-order valence-corrected chi connectivity index (χ3v) is 3.26. The maximum absolute atomic E-state index is 14.0. The van der Waals surface area contributed by atoms with Crippen molar-refractivity contribution in [1.29, 1.82) is 0 Å². The minimum atomic E-state index is -1.35. The largest absolute Gasteiger partial charge is 0.444 e. The Kier molecular flexibility index (Phi) is 7.04. The molecular weight excluding hydrogens is 327 g/mol. The fraction of sp³-hybridized carbons (Fsp3) is 0.562. The first-order valence-electron chi connectivity index (χ1n) is 7.44. The number of carbonyl (C=O) groups excluding carboxylic acids is 1. The lowest BCUT2D eigenvalue weighted by Gasteiger charge is -2.28. The fourth-order valence-electron chi connectivity index (χ4n) is 2.27. The minimum Gasteiger partial charge on any atom is -0.444 e. The van der Waals surface area contributed by atoms with Gasteiger partial charge in [0.1, 0.15) is 11.4 Å². The molecule has 2 atom stereocenters. The molecule has 8 heteroatoms. The van der Waals surface area contributed by atoms with Crippen LogP contribution in [0, 0.1) is 17.5 Å². The maximum atomic E-state index is 14.0. The van der Waals surface area contributed by atoms with Crippen LogP contribution in [-0.4, -0.2) is 41.2 Å². The summed E-state index contributed by atoms with van der Waals surface area (Å²) in [6.45, 7) is 3.90. The molecule has 24 heavy (non-hydrogen) atoms. The van der Waals surface area contributed by atoms with Crippen molar-refractivity contribution in [2.24, 2.45) is 0 Å². The number of hydrogen-bond acceptors (Lipinski definition) is 4. The van der Waals surface area contributed by atoms with Crippen LogP contribution in [0.1, 0.15) is 38.7 Å². The maximum Gasteiger partial charge on any atom is 0.407 e. The molecule has 0 saturated heterocycles. The first-order valence-corrected chi connectivity index (χ1v) is 7.44. The Labute approximate surface area is 138 Å². The van der Waals surface area contributed by atoms with Gasteiger partial charge in [-0.05, 0) is 38.8 Å². The molecule has 0 aliphatic rings. The number of aliphatic hydroxyl groups is 2. The van der Waals surface area contributed by atoms with E-state index in [2.05, 4.69) is 5.32 Å². The third-order valence-electron chi connectivity index (χ3n) is 3.26. The molecule has 0 heterocycles. The van der Waals surface area contributed by atoms with Crippen LogP contribution in [0.4, 0.5) is 18.0 Å². The number of carbonyl (C=O) groups is 1. The second kappa shape index (κ2) is 8.34. The smallest absolute Gasteiger partial charge is 0.407 e. The van der Waals surface area contributed by atoms with Crippen LogP contribution in [0.15, 0.2) is 12.1 Å². The van der Waals surface area contributed by atoms with Crippen LogP contribution < -0.4 is 5.32 Å². The molecule has 0 aromatic heterocycles. The lowest BCUT2D eigenvalue weighted by molar-refractivity contribution is 0.0464. The van der Waals surface area contributed by atoms with E-state index < -0.39 is 54.3 Å². The first kappa shape index (κ1) is 20.2. The molecule has 0 aliphatic heterocycles. The van der Waals surface area contributed by atoms with Crippen molar-refractivity contribution < 1.29 is 32.9 Å². The SMILES string of the molecule is CC(C)(C)OC(=O)N[C@@H](CO)[C@H](CCO)c1cc(F)c(F)cc1F. The van der Waals surface area contributed by atoms with Gasteiger partial charge in [-0.2, -0.15) is 0 Å². The summed E-state index contributed by atoms with van der Waals surface area (Å²) >= 11 is 0. The second-order valence-electron chi connectivity index (χ2n) is 6.34. The van der Waals surface area contributed by atoms with Crippen molar-refractivity contribution in [3.63, 3.8) is 0 Å². The summed E-state index contributed by atoms with van der Waals surface area (Å²) < 4.78 is 45.6. The van der Waals surface area contributed by atoms with E-state index in [1.54, 1.807) is 20.8 Å². The highest BCUT2D eigenvalue weighted by atomic mass is 19.2. The molecule has 0 saturated carbocycles. The Bertz CT molecular complexity index is 575. The van der Waals surface area contributed by atoms with Crippen LogP contribution in [0.25, 0.3) is 0 Å². The van der Waals surface area contributed by atoms with Gasteiger partial charge in [0.2, 0.25) is 0 Å².